The van der Waals surface area contributed by atoms with Gasteiger partial charge in [0.2, 0.25) is 0 Å². The average molecular weight is 212 g/mol. The van der Waals surface area contributed by atoms with E-state index < -0.39 is 17.4 Å². The summed E-state index contributed by atoms with van der Waals surface area (Å²) in [5.74, 6) is -1.59. The van der Waals surface area contributed by atoms with Crippen molar-refractivity contribution in [3.8, 4) is 0 Å². The van der Waals surface area contributed by atoms with E-state index in [2.05, 4.69) is 11.3 Å². The molecule has 1 rings (SSSR count). The first-order valence-electron chi connectivity index (χ1n) is 4.40. The van der Waals surface area contributed by atoms with E-state index in [9.17, 15) is 14.4 Å². The van der Waals surface area contributed by atoms with Gasteiger partial charge in [-0.15, -0.1) is 0 Å². The van der Waals surface area contributed by atoms with Crippen molar-refractivity contribution in [1.29, 1.82) is 0 Å². The number of ketones is 1. The number of methoxy groups -OCH3 is 1. The smallest absolute Gasteiger partial charge is 0.329 e. The number of Topliss-reactive ketones (excluding diaryl/α,β-unsaturated/α-hetero) is 1. The molecule has 1 saturated heterocycles. The molecule has 0 bridgehead atoms. The standard InChI is InChI=1S/C10H12O5/c1-6(11)4-10(8(12)14-3)5-7(2)15-9(10)13/h2,4-5H2,1,3H3. The van der Waals surface area contributed by atoms with Crippen LogP contribution in [0.2, 0.25) is 0 Å². The quantitative estimate of drug-likeness (QED) is 0.505. The van der Waals surface area contributed by atoms with E-state index in [0.717, 1.165) is 0 Å². The zero-order valence-corrected chi connectivity index (χ0v) is 8.66. The van der Waals surface area contributed by atoms with E-state index >= 15 is 0 Å². The third-order valence-electron chi connectivity index (χ3n) is 2.25. The largest absolute Gasteiger partial charge is 0.468 e. The fraction of sp³-hybridized carbons (Fsp3) is 0.500. The van der Waals surface area contributed by atoms with E-state index in [4.69, 9.17) is 4.74 Å². The topological polar surface area (TPSA) is 69.7 Å². The van der Waals surface area contributed by atoms with Crippen LogP contribution in [0.5, 0.6) is 0 Å². The fourth-order valence-electron chi connectivity index (χ4n) is 1.66. The van der Waals surface area contributed by atoms with Crippen LogP contribution in [0.4, 0.5) is 0 Å². The first-order chi connectivity index (χ1) is 6.92. The normalized spacial score (nSPS) is 24.9. The zero-order valence-electron chi connectivity index (χ0n) is 8.66. The molecular formula is C10H12O5. The van der Waals surface area contributed by atoms with Gasteiger partial charge in [0.25, 0.3) is 0 Å². The van der Waals surface area contributed by atoms with Crippen LogP contribution in [0.1, 0.15) is 19.8 Å². The van der Waals surface area contributed by atoms with E-state index in [0.29, 0.717) is 0 Å². The molecule has 0 saturated carbocycles. The number of carbonyl (C=O) groups excluding carboxylic acids is 3. The fourth-order valence-corrected chi connectivity index (χ4v) is 1.66. The summed E-state index contributed by atoms with van der Waals surface area (Å²) < 4.78 is 9.24. The second-order valence-corrected chi connectivity index (χ2v) is 3.56. The maximum absolute atomic E-state index is 11.5. The van der Waals surface area contributed by atoms with Gasteiger partial charge in [0.15, 0.2) is 5.41 Å². The van der Waals surface area contributed by atoms with Gasteiger partial charge >= 0.3 is 11.9 Å². The molecule has 0 spiro atoms. The Morgan fingerprint density at radius 2 is 2.20 bits per heavy atom. The lowest BCUT2D eigenvalue weighted by Crippen LogP contribution is -2.38. The molecule has 1 heterocycles. The number of esters is 2. The molecule has 1 fully saturated rings. The molecule has 0 N–H and O–H groups in total. The predicted molar refractivity (Wildman–Crippen MR) is 49.6 cm³/mol. The minimum absolute atomic E-state index is 0.0120. The van der Waals surface area contributed by atoms with Crippen molar-refractivity contribution in [2.75, 3.05) is 7.11 Å². The molecule has 1 atom stereocenters. The number of rotatable bonds is 3. The maximum Gasteiger partial charge on any atom is 0.329 e. The van der Waals surface area contributed by atoms with E-state index in [-0.39, 0.29) is 24.4 Å². The van der Waals surface area contributed by atoms with Gasteiger partial charge in [-0.3, -0.25) is 14.4 Å². The van der Waals surface area contributed by atoms with Gasteiger partial charge in [-0.05, 0) is 6.92 Å². The average Bonchev–Trinajstić information content (AvgIpc) is 2.40. The highest BCUT2D eigenvalue weighted by Gasteiger charge is 2.54. The van der Waals surface area contributed by atoms with Crippen molar-refractivity contribution in [1.82, 2.24) is 0 Å². The second kappa shape index (κ2) is 3.84. The van der Waals surface area contributed by atoms with Crippen molar-refractivity contribution in [3.63, 3.8) is 0 Å². The van der Waals surface area contributed by atoms with Gasteiger partial charge in [-0.2, -0.15) is 0 Å². The second-order valence-electron chi connectivity index (χ2n) is 3.56. The Balaban J connectivity index is 3.06. The summed E-state index contributed by atoms with van der Waals surface area (Å²) in [6.07, 6.45) is -0.199. The molecule has 5 nitrogen and oxygen atoms in total. The molecule has 0 amide bonds. The summed E-state index contributed by atoms with van der Waals surface area (Å²) in [4.78, 5) is 34.0. The predicted octanol–water partition coefficient (Wildman–Crippen LogP) is 0.585. The highest BCUT2D eigenvalue weighted by molar-refractivity contribution is 6.05. The lowest BCUT2D eigenvalue weighted by molar-refractivity contribution is -0.164. The Morgan fingerprint density at radius 1 is 1.60 bits per heavy atom. The molecule has 0 aromatic rings. The van der Waals surface area contributed by atoms with E-state index in [1.807, 2.05) is 0 Å². The molecule has 1 unspecified atom stereocenters. The molecule has 0 radical (unpaired) electrons. The van der Waals surface area contributed by atoms with Crippen molar-refractivity contribution in [2.45, 2.75) is 19.8 Å². The Kier molecular flexibility index (Phi) is 2.93. The summed E-state index contributed by atoms with van der Waals surface area (Å²) in [5.41, 5.74) is -1.52. The first kappa shape index (κ1) is 11.4. The molecule has 0 aromatic heterocycles. The van der Waals surface area contributed by atoms with Gasteiger partial charge in [-0.1, -0.05) is 6.58 Å². The maximum atomic E-state index is 11.5. The molecule has 1 aliphatic rings. The molecule has 0 aromatic carbocycles. The van der Waals surface area contributed by atoms with Crippen LogP contribution in [-0.2, 0) is 23.9 Å². The van der Waals surface area contributed by atoms with Gasteiger partial charge in [0, 0.05) is 12.8 Å². The Labute approximate surface area is 87.0 Å². The number of ether oxygens (including phenoxy) is 2. The Morgan fingerprint density at radius 3 is 2.53 bits per heavy atom. The van der Waals surface area contributed by atoms with Crippen LogP contribution in [-0.4, -0.2) is 24.8 Å². The van der Waals surface area contributed by atoms with Crippen molar-refractivity contribution in [3.05, 3.63) is 12.3 Å². The van der Waals surface area contributed by atoms with Gasteiger partial charge < -0.3 is 9.47 Å². The number of cyclic esters (lactones) is 1. The zero-order chi connectivity index (χ0) is 11.6. The minimum atomic E-state index is -1.52. The third kappa shape index (κ3) is 1.91. The van der Waals surface area contributed by atoms with Gasteiger partial charge in [0.1, 0.15) is 11.5 Å². The van der Waals surface area contributed by atoms with E-state index in [1.54, 1.807) is 0 Å². The molecule has 82 valence electrons. The first-order valence-corrected chi connectivity index (χ1v) is 4.40. The van der Waals surface area contributed by atoms with Crippen LogP contribution < -0.4 is 0 Å². The number of hydrogen-bond acceptors (Lipinski definition) is 5. The van der Waals surface area contributed by atoms with Crippen LogP contribution in [0, 0.1) is 5.41 Å². The summed E-state index contributed by atoms with van der Waals surface area (Å²) >= 11 is 0. The lowest BCUT2D eigenvalue weighted by Gasteiger charge is -2.19. The molecule has 0 aliphatic carbocycles. The molecule has 5 heteroatoms. The van der Waals surface area contributed by atoms with Crippen molar-refractivity contribution in [2.24, 2.45) is 5.41 Å². The van der Waals surface area contributed by atoms with Gasteiger partial charge in [-0.25, -0.2) is 0 Å². The molecule has 1 aliphatic heterocycles. The SMILES string of the molecule is C=C1CC(CC(C)=O)(C(=O)OC)C(=O)O1. The molecule has 15 heavy (non-hydrogen) atoms. The third-order valence-corrected chi connectivity index (χ3v) is 2.25. The minimum Gasteiger partial charge on any atom is -0.468 e. The Hall–Kier alpha value is -1.65. The summed E-state index contributed by atoms with van der Waals surface area (Å²) in [6, 6.07) is 0. The highest BCUT2D eigenvalue weighted by atomic mass is 16.6. The monoisotopic (exact) mass is 212 g/mol. The van der Waals surface area contributed by atoms with Crippen molar-refractivity contribution >= 4 is 17.7 Å². The Bertz CT molecular complexity index is 344. The number of hydrogen-bond donors (Lipinski definition) is 0. The van der Waals surface area contributed by atoms with Crippen LogP contribution in [0.15, 0.2) is 12.3 Å². The van der Waals surface area contributed by atoms with Crippen molar-refractivity contribution < 1.29 is 23.9 Å². The van der Waals surface area contributed by atoms with Gasteiger partial charge in [0.05, 0.1) is 7.11 Å². The summed E-state index contributed by atoms with van der Waals surface area (Å²) in [5, 5.41) is 0. The number of allylic oxidation sites excluding steroid dienone is 1. The number of carbonyl (C=O) groups is 3. The highest BCUT2D eigenvalue weighted by Crippen LogP contribution is 2.40. The van der Waals surface area contributed by atoms with E-state index in [1.165, 1.54) is 14.0 Å². The molecular weight excluding hydrogens is 200 g/mol. The van der Waals surface area contributed by atoms with Crippen LogP contribution in [0.25, 0.3) is 0 Å². The van der Waals surface area contributed by atoms with Crippen LogP contribution >= 0.6 is 0 Å². The lowest BCUT2D eigenvalue weighted by atomic mass is 9.81. The summed E-state index contributed by atoms with van der Waals surface area (Å²) in [6.45, 7) is 4.77. The van der Waals surface area contributed by atoms with Crippen LogP contribution in [0.3, 0.4) is 0 Å². The summed E-state index contributed by atoms with van der Waals surface area (Å²) in [7, 11) is 1.17.